The molecule has 3 atom stereocenters. The first-order valence-corrected chi connectivity index (χ1v) is 6.47. The van der Waals surface area contributed by atoms with E-state index >= 15 is 0 Å². The number of rotatable bonds is 4. The predicted octanol–water partition coefficient (Wildman–Crippen LogP) is 1.28. The fraction of sp³-hybridized carbons (Fsp3) is 0.923. The van der Waals surface area contributed by atoms with Crippen molar-refractivity contribution in [1.82, 2.24) is 4.90 Å². The number of aliphatic hydroxyl groups is 1. The minimum atomic E-state index is -0.217. The second-order valence-corrected chi connectivity index (χ2v) is 5.17. The lowest BCUT2D eigenvalue weighted by Crippen LogP contribution is -2.46. The standard InChI is InChI=1S/C13H25NO3/c1-9(13(16)17-4)10(2)14-7-5-12(6-8-14)11(3)15/h9-12,15H,5-8H2,1-4H3. The van der Waals surface area contributed by atoms with Gasteiger partial charge in [0, 0.05) is 6.04 Å². The highest BCUT2D eigenvalue weighted by molar-refractivity contribution is 5.72. The van der Waals surface area contributed by atoms with Gasteiger partial charge in [0.15, 0.2) is 0 Å². The predicted molar refractivity (Wildman–Crippen MR) is 66.6 cm³/mol. The summed E-state index contributed by atoms with van der Waals surface area (Å²) in [5, 5.41) is 9.54. The molecule has 0 bridgehead atoms. The van der Waals surface area contributed by atoms with E-state index < -0.39 is 0 Å². The van der Waals surface area contributed by atoms with Crippen LogP contribution < -0.4 is 0 Å². The van der Waals surface area contributed by atoms with Crippen LogP contribution >= 0.6 is 0 Å². The number of likely N-dealkylation sites (tertiary alicyclic amines) is 1. The fourth-order valence-corrected chi connectivity index (χ4v) is 2.51. The molecule has 1 rings (SSSR count). The van der Waals surface area contributed by atoms with Crippen LogP contribution in [0.1, 0.15) is 33.6 Å². The van der Waals surface area contributed by atoms with Gasteiger partial charge in [0.05, 0.1) is 19.1 Å². The molecule has 100 valence electrons. The SMILES string of the molecule is COC(=O)C(C)C(C)N1CCC(C(C)O)CC1. The van der Waals surface area contributed by atoms with Crippen molar-refractivity contribution in [3.8, 4) is 0 Å². The Morgan fingerprint density at radius 2 is 1.82 bits per heavy atom. The summed E-state index contributed by atoms with van der Waals surface area (Å²) in [5.41, 5.74) is 0. The number of carbonyl (C=O) groups excluding carboxylic acids is 1. The van der Waals surface area contributed by atoms with Crippen LogP contribution in [-0.4, -0.2) is 48.3 Å². The number of piperidine rings is 1. The molecule has 0 spiro atoms. The van der Waals surface area contributed by atoms with Crippen LogP contribution in [0.3, 0.4) is 0 Å². The highest BCUT2D eigenvalue weighted by Crippen LogP contribution is 2.24. The summed E-state index contributed by atoms with van der Waals surface area (Å²) < 4.78 is 4.78. The first-order valence-electron chi connectivity index (χ1n) is 6.47. The van der Waals surface area contributed by atoms with E-state index in [1.54, 1.807) is 0 Å². The van der Waals surface area contributed by atoms with E-state index in [9.17, 15) is 9.90 Å². The van der Waals surface area contributed by atoms with Gasteiger partial charge in [-0.15, -0.1) is 0 Å². The first kappa shape index (κ1) is 14.5. The summed E-state index contributed by atoms with van der Waals surface area (Å²) in [5.74, 6) is 0.171. The van der Waals surface area contributed by atoms with Crippen molar-refractivity contribution in [3.63, 3.8) is 0 Å². The molecule has 0 saturated carbocycles. The van der Waals surface area contributed by atoms with Gasteiger partial charge >= 0.3 is 5.97 Å². The summed E-state index contributed by atoms with van der Waals surface area (Å²) in [4.78, 5) is 13.8. The van der Waals surface area contributed by atoms with E-state index in [1.165, 1.54) is 7.11 Å². The Morgan fingerprint density at radius 1 is 1.29 bits per heavy atom. The molecule has 0 radical (unpaired) electrons. The number of carbonyl (C=O) groups is 1. The van der Waals surface area contributed by atoms with Gasteiger partial charge in [0.2, 0.25) is 0 Å². The number of hydrogen-bond acceptors (Lipinski definition) is 4. The third-order valence-corrected chi connectivity index (χ3v) is 4.13. The molecular weight excluding hydrogens is 218 g/mol. The van der Waals surface area contributed by atoms with Gasteiger partial charge in [-0.25, -0.2) is 0 Å². The van der Waals surface area contributed by atoms with E-state index in [2.05, 4.69) is 11.8 Å². The number of ether oxygens (including phenoxy) is 1. The van der Waals surface area contributed by atoms with Gasteiger partial charge in [0.1, 0.15) is 0 Å². The third-order valence-electron chi connectivity index (χ3n) is 4.13. The van der Waals surface area contributed by atoms with Crippen LogP contribution in [-0.2, 0) is 9.53 Å². The average Bonchev–Trinajstić information content (AvgIpc) is 2.36. The number of hydrogen-bond donors (Lipinski definition) is 1. The number of nitrogens with zero attached hydrogens (tertiary/aromatic N) is 1. The minimum Gasteiger partial charge on any atom is -0.469 e. The second kappa shape index (κ2) is 6.36. The Labute approximate surface area is 104 Å². The quantitative estimate of drug-likeness (QED) is 0.756. The smallest absolute Gasteiger partial charge is 0.309 e. The zero-order valence-corrected chi connectivity index (χ0v) is 11.3. The van der Waals surface area contributed by atoms with Gasteiger partial charge in [-0.1, -0.05) is 6.92 Å². The van der Waals surface area contributed by atoms with Crippen molar-refractivity contribution in [2.45, 2.75) is 45.8 Å². The Bertz CT molecular complexity index is 247. The van der Waals surface area contributed by atoms with Gasteiger partial charge in [-0.05, 0) is 45.7 Å². The summed E-state index contributed by atoms with van der Waals surface area (Å²) in [7, 11) is 1.44. The molecule has 4 heteroatoms. The van der Waals surface area contributed by atoms with Crippen molar-refractivity contribution in [1.29, 1.82) is 0 Å². The van der Waals surface area contributed by atoms with E-state index in [0.717, 1.165) is 25.9 Å². The van der Waals surface area contributed by atoms with E-state index in [4.69, 9.17) is 4.74 Å². The lowest BCUT2D eigenvalue weighted by Gasteiger charge is -2.38. The van der Waals surface area contributed by atoms with Crippen LogP contribution in [0, 0.1) is 11.8 Å². The number of methoxy groups -OCH3 is 1. The molecule has 1 aliphatic heterocycles. The van der Waals surface area contributed by atoms with Crippen LogP contribution in [0.25, 0.3) is 0 Å². The van der Waals surface area contributed by atoms with Gasteiger partial charge in [0.25, 0.3) is 0 Å². The molecule has 3 unspecified atom stereocenters. The van der Waals surface area contributed by atoms with Crippen molar-refractivity contribution >= 4 is 5.97 Å². The Hall–Kier alpha value is -0.610. The zero-order valence-electron chi connectivity index (χ0n) is 11.3. The maximum absolute atomic E-state index is 11.5. The molecule has 0 aromatic carbocycles. The molecule has 1 aliphatic rings. The largest absolute Gasteiger partial charge is 0.469 e. The molecular formula is C13H25NO3. The second-order valence-electron chi connectivity index (χ2n) is 5.17. The monoisotopic (exact) mass is 243 g/mol. The molecule has 17 heavy (non-hydrogen) atoms. The fourth-order valence-electron chi connectivity index (χ4n) is 2.51. The molecule has 1 saturated heterocycles. The van der Waals surface area contributed by atoms with Gasteiger partial charge in [-0.3, -0.25) is 9.69 Å². The Morgan fingerprint density at radius 3 is 2.24 bits per heavy atom. The highest BCUT2D eigenvalue weighted by Gasteiger charge is 2.30. The lowest BCUT2D eigenvalue weighted by molar-refractivity contribution is -0.147. The van der Waals surface area contributed by atoms with Crippen molar-refractivity contribution in [3.05, 3.63) is 0 Å². The van der Waals surface area contributed by atoms with Gasteiger partial charge < -0.3 is 9.84 Å². The van der Waals surface area contributed by atoms with E-state index in [1.807, 2.05) is 13.8 Å². The summed E-state index contributed by atoms with van der Waals surface area (Å²) in [6.07, 6.45) is 1.80. The Kier molecular flexibility index (Phi) is 5.40. The molecule has 1 heterocycles. The first-order chi connectivity index (χ1) is 7.97. The highest BCUT2D eigenvalue weighted by atomic mass is 16.5. The summed E-state index contributed by atoms with van der Waals surface area (Å²) in [6, 6.07) is 0.206. The molecule has 1 fully saturated rings. The molecule has 0 aromatic heterocycles. The molecule has 4 nitrogen and oxygen atoms in total. The van der Waals surface area contributed by atoms with Crippen molar-refractivity contribution in [2.75, 3.05) is 20.2 Å². The summed E-state index contributed by atoms with van der Waals surface area (Å²) in [6.45, 7) is 7.76. The topological polar surface area (TPSA) is 49.8 Å². The molecule has 0 aromatic rings. The van der Waals surface area contributed by atoms with Crippen LogP contribution in [0.15, 0.2) is 0 Å². The van der Waals surface area contributed by atoms with Crippen LogP contribution in [0.5, 0.6) is 0 Å². The zero-order chi connectivity index (χ0) is 13.0. The van der Waals surface area contributed by atoms with Crippen LogP contribution in [0.4, 0.5) is 0 Å². The van der Waals surface area contributed by atoms with Gasteiger partial charge in [-0.2, -0.15) is 0 Å². The maximum atomic E-state index is 11.5. The number of esters is 1. The van der Waals surface area contributed by atoms with E-state index in [0.29, 0.717) is 5.92 Å². The Balaban J connectivity index is 2.45. The van der Waals surface area contributed by atoms with E-state index in [-0.39, 0.29) is 24.0 Å². The summed E-state index contributed by atoms with van der Waals surface area (Å²) >= 11 is 0. The average molecular weight is 243 g/mol. The van der Waals surface area contributed by atoms with Crippen molar-refractivity contribution in [2.24, 2.45) is 11.8 Å². The molecule has 0 amide bonds. The molecule has 0 aliphatic carbocycles. The molecule has 1 N–H and O–H groups in total. The third kappa shape index (κ3) is 3.68. The maximum Gasteiger partial charge on any atom is 0.309 e. The van der Waals surface area contributed by atoms with Crippen molar-refractivity contribution < 1.29 is 14.6 Å². The normalized spacial score (nSPS) is 24.1. The van der Waals surface area contributed by atoms with Crippen LogP contribution in [0.2, 0.25) is 0 Å². The minimum absolute atomic E-state index is 0.0944. The lowest BCUT2D eigenvalue weighted by atomic mass is 9.90. The number of aliphatic hydroxyl groups excluding tert-OH is 1.